The molecule has 19 heteroatoms. The van der Waals surface area contributed by atoms with Crippen molar-refractivity contribution >= 4 is 88.6 Å². The number of nitrogens with one attached hydrogen (secondary N) is 3. The Balaban J connectivity index is 0.000000995. The van der Waals surface area contributed by atoms with Crippen LogP contribution in [0.15, 0.2) is 36.4 Å². The number of unbranched alkanes of at least 4 members (excludes halogenated alkanes) is 6. The normalized spacial score (nSPS) is 10.3. The van der Waals surface area contributed by atoms with Crippen molar-refractivity contribution in [3.8, 4) is 0 Å². The van der Waals surface area contributed by atoms with E-state index in [1.165, 1.54) is 49.7 Å². The average molecular weight is 934 g/mol. The Morgan fingerprint density at radius 3 is 1.43 bits per heavy atom. The number of nitrogens with two attached hydrogens (primary N) is 2. The van der Waals surface area contributed by atoms with E-state index in [1.807, 2.05) is 13.8 Å². The molecule has 17 nitrogen and oxygen atoms in total. The first-order chi connectivity index (χ1) is 31.2. The molecule has 0 aliphatic rings. The molecule has 4 heterocycles. The molecule has 0 unspecified atom stereocenters. The zero-order chi connectivity index (χ0) is 48.3. The number of aromatic amines is 2. The molecule has 7 N–H and O–H groups in total. The summed E-state index contributed by atoms with van der Waals surface area (Å²) in [4.78, 5) is 72.0. The number of imidazole rings is 2. The minimum atomic E-state index is -1.08. The van der Waals surface area contributed by atoms with Gasteiger partial charge in [0.15, 0.2) is 0 Å². The van der Waals surface area contributed by atoms with Gasteiger partial charge in [0.2, 0.25) is 0 Å². The van der Waals surface area contributed by atoms with Gasteiger partial charge in [-0.3, -0.25) is 0 Å². The first kappa shape index (κ1) is 61.9. The van der Waals surface area contributed by atoms with E-state index in [1.54, 1.807) is 0 Å². The molecule has 6 aromatic rings. The summed E-state index contributed by atoms with van der Waals surface area (Å²) in [7, 11) is 6.26. The molecule has 0 aliphatic carbocycles. The van der Waals surface area contributed by atoms with Gasteiger partial charge in [0, 0.05) is 51.8 Å². The van der Waals surface area contributed by atoms with Crippen LogP contribution < -0.4 is 51.4 Å². The fourth-order valence-electron chi connectivity index (χ4n) is 6.81. The Morgan fingerprint density at radius 1 is 0.672 bits per heavy atom. The predicted octanol–water partition coefficient (Wildman–Crippen LogP) is 3.50. The van der Waals surface area contributed by atoms with E-state index in [9.17, 15) is 9.59 Å². The van der Waals surface area contributed by atoms with Crippen LogP contribution in [0.1, 0.15) is 122 Å². The number of aryl methyl sites for hydroxylation is 4. The molecule has 4 aromatic heterocycles. The van der Waals surface area contributed by atoms with Gasteiger partial charge in [0.05, 0.1) is 11.0 Å². The van der Waals surface area contributed by atoms with Crippen molar-refractivity contribution in [1.82, 2.24) is 40.1 Å². The monoisotopic (exact) mass is 934 g/mol. The van der Waals surface area contributed by atoms with E-state index in [2.05, 4.69) is 104 Å². The van der Waals surface area contributed by atoms with Gasteiger partial charge in [-0.05, 0) is 116 Å². The van der Waals surface area contributed by atoms with E-state index < -0.39 is 17.9 Å². The third-order valence-corrected chi connectivity index (χ3v) is 9.91. The minimum absolute atomic E-state index is 0. The van der Waals surface area contributed by atoms with Crippen molar-refractivity contribution in [2.24, 2.45) is 0 Å². The van der Waals surface area contributed by atoms with Crippen LogP contribution in [0.5, 0.6) is 0 Å². The number of carbonyl (C=O) groups excluding carboxylic acids is 4. The Kier molecular flexibility index (Phi) is 31.6. The molecule has 0 fully saturated rings. The van der Waals surface area contributed by atoms with Crippen LogP contribution in [0, 0.1) is 0 Å². The molecule has 67 heavy (non-hydrogen) atoms. The van der Waals surface area contributed by atoms with Crippen molar-refractivity contribution < 1.29 is 63.6 Å². The number of carboxylic acid groups (broad SMARTS) is 1. The second-order valence-electron chi connectivity index (χ2n) is 15.9. The van der Waals surface area contributed by atoms with Crippen LogP contribution in [0.4, 0.5) is 11.6 Å². The zero-order valence-corrected chi connectivity index (χ0v) is 43.3. The summed E-state index contributed by atoms with van der Waals surface area (Å²) in [5, 5.41) is 14.3. The number of carboxylic acids is 1. The molecule has 0 spiro atoms. The molecule has 0 amide bonds. The van der Waals surface area contributed by atoms with Crippen LogP contribution in [0.25, 0.3) is 43.9 Å². The van der Waals surface area contributed by atoms with Gasteiger partial charge in [-0.25, -0.2) is 39.3 Å². The first-order valence-electron chi connectivity index (χ1n) is 22.4. The summed E-state index contributed by atoms with van der Waals surface area (Å²) in [6, 6.07) is 13.1. The summed E-state index contributed by atoms with van der Waals surface area (Å²) >= 11 is 0. The van der Waals surface area contributed by atoms with E-state index in [-0.39, 0.29) is 38.0 Å². The fourth-order valence-corrected chi connectivity index (χ4v) is 6.81. The molecule has 3 radical (unpaired) electrons. The number of anilines is 2. The number of fused-ring (bicyclic) bond motifs is 6. The number of hydrogen-bond acceptors (Lipinski definition) is 15. The third kappa shape index (κ3) is 22.5. The molecule has 0 bridgehead atoms. The number of H-pyrrole nitrogens is 2. The minimum Gasteiger partial charge on any atom is -0.550 e. The predicted molar refractivity (Wildman–Crippen MR) is 264 cm³/mol. The third-order valence-electron chi connectivity index (χ3n) is 9.91. The number of carbonyl (C=O) groups is 4. The number of aromatic nitrogens is 6. The average Bonchev–Trinajstić information content (AvgIpc) is 3.91. The summed E-state index contributed by atoms with van der Waals surface area (Å²) in [5.41, 5.74) is 20.6. The Hall–Kier alpha value is -5.14. The molecule has 0 atom stereocenters. The van der Waals surface area contributed by atoms with Crippen molar-refractivity contribution in [3.63, 3.8) is 0 Å². The second-order valence-corrected chi connectivity index (χ2v) is 15.9. The van der Waals surface area contributed by atoms with E-state index >= 15 is 0 Å². The van der Waals surface area contributed by atoms with Gasteiger partial charge >= 0.3 is 41.5 Å². The molecule has 0 saturated carbocycles. The smallest absolute Gasteiger partial charge is 0.550 e. The van der Waals surface area contributed by atoms with Crippen LogP contribution in [-0.2, 0) is 54.6 Å². The number of hydrogen-bond donors (Lipinski definition) is 5. The number of rotatable bonds is 18. The maximum Gasteiger partial charge on any atom is 1.00 e. The summed E-state index contributed by atoms with van der Waals surface area (Å²) in [6.07, 6.45) is 16.0. The molecule has 359 valence electrons. The fraction of sp³-hybridized carbons (Fsp3) is 0.500. The maximum absolute atomic E-state index is 9.85. The van der Waals surface area contributed by atoms with Gasteiger partial charge in [-0.15, -0.1) is 0 Å². The van der Waals surface area contributed by atoms with Crippen LogP contribution in [0.2, 0.25) is 0 Å². The van der Waals surface area contributed by atoms with Gasteiger partial charge in [-0.2, -0.15) is 0 Å². The Morgan fingerprint density at radius 2 is 1.07 bits per heavy atom. The topological polar surface area (TPSA) is 260 Å². The van der Waals surface area contributed by atoms with E-state index in [4.69, 9.17) is 36.1 Å². The molecule has 0 saturated heterocycles. The van der Waals surface area contributed by atoms with Crippen molar-refractivity contribution in [2.75, 3.05) is 45.7 Å². The van der Waals surface area contributed by atoms with Crippen molar-refractivity contribution in [2.45, 2.75) is 125 Å². The summed E-state index contributed by atoms with van der Waals surface area (Å²) in [6.45, 7) is 11.9. The number of benzene rings is 2. The summed E-state index contributed by atoms with van der Waals surface area (Å²) in [5.74, 6) is 0.745. The van der Waals surface area contributed by atoms with Gasteiger partial charge in [0.1, 0.15) is 52.1 Å². The largest absolute Gasteiger partial charge is 1.00 e. The van der Waals surface area contributed by atoms with Crippen molar-refractivity contribution in [1.29, 1.82) is 0 Å². The van der Waals surface area contributed by atoms with Crippen LogP contribution in [0.3, 0.4) is 0 Å². The van der Waals surface area contributed by atoms with Gasteiger partial charge in [-0.1, -0.05) is 63.8 Å². The Bertz CT molecular complexity index is 2370. The molecule has 0 aliphatic heterocycles. The number of aliphatic carboxylic acids is 1. The number of nitrogens with zero attached hydrogens (tertiary/aromatic N) is 5. The van der Waals surface area contributed by atoms with Crippen LogP contribution >= 0.6 is 0 Å². The molecule has 2 aromatic carbocycles. The van der Waals surface area contributed by atoms with Gasteiger partial charge < -0.3 is 46.3 Å². The molecular weight excluding hydrogens is 862 g/mol. The molecule has 6 rings (SSSR count). The van der Waals surface area contributed by atoms with E-state index in [0.29, 0.717) is 11.6 Å². The van der Waals surface area contributed by atoms with Crippen molar-refractivity contribution in [3.05, 3.63) is 59.2 Å². The number of nitrogen functional groups attached to an aromatic ring is 2. The zero-order valence-electron chi connectivity index (χ0n) is 41.3. The Labute approximate surface area is 419 Å². The summed E-state index contributed by atoms with van der Waals surface area (Å²) < 4.78 is 0. The second kappa shape index (κ2) is 34.2. The standard InChI is InChI=1S/C21H31N5.C20H29N5.C4H6O4.C2H4O2.CH2O.B.Na/c1-4-5-10-18-24-19-16-12-11-15(9-7-6-8-13-26(2)3)14-17(16)23-21(22)20(19)25-18;1-3-4-9-17-24-18-15-11-10-14(8-6-5-7-12-22-2)13-16(15)23-20(21)19(18)25-17;1-3(5)7-8-4(2)6;1-2(3)4;1-2;;/h11-12,14H,4-10,13H2,1-3H3,(H2,22,23)(H,24,25);10-11,13,22H,3-9,12H2,1-2H3,(H2,21,23)(H,24,25);1-2H3;1H3,(H,3,4);1H2;;/q;;;;;;+1/p-1. The number of pyridine rings is 2. The quantitative estimate of drug-likeness (QED) is 0.0358. The first-order valence-corrected chi connectivity index (χ1v) is 22.4. The van der Waals surface area contributed by atoms with E-state index in [0.717, 1.165) is 141 Å². The van der Waals surface area contributed by atoms with Gasteiger partial charge in [0.25, 0.3) is 0 Å². The maximum atomic E-state index is 9.85. The SMILES string of the molecule is C=O.CC(=O)OOC(C)=O.CC(=O)[O-].CCCCc1nc2c([nH]1)c(N)nc1cc(CCCCCN(C)C)ccc12.CCCCc1nc2c([nH]1)c(N)nc1cc(CCCCCNC)ccc12.[B].[Na+]. The molecular formula is C48H71BN10NaO7. The van der Waals surface area contributed by atoms with Crippen LogP contribution in [-0.4, -0.2) is 102 Å².